The third-order valence-electron chi connectivity index (χ3n) is 5.04. The molecule has 1 aromatic carbocycles. The number of urea groups is 1. The molecule has 3 amide bonds. The van der Waals surface area contributed by atoms with Crippen molar-refractivity contribution in [3.05, 3.63) is 39.2 Å². The first-order chi connectivity index (χ1) is 13.3. The first kappa shape index (κ1) is 20.2. The van der Waals surface area contributed by atoms with Crippen LogP contribution >= 0.6 is 11.6 Å². The number of hydrogen-bond donors (Lipinski definition) is 2. The van der Waals surface area contributed by atoms with Crippen molar-refractivity contribution in [2.24, 2.45) is 5.92 Å². The molecule has 1 saturated carbocycles. The predicted molar refractivity (Wildman–Crippen MR) is 106 cm³/mol. The van der Waals surface area contributed by atoms with E-state index in [0.717, 1.165) is 24.8 Å². The van der Waals surface area contributed by atoms with Crippen molar-refractivity contribution in [3.63, 3.8) is 0 Å². The number of rotatable bonds is 4. The number of imide groups is 1. The van der Waals surface area contributed by atoms with Gasteiger partial charge >= 0.3 is 11.7 Å². The molecule has 7 nitrogen and oxygen atoms in total. The molecule has 1 aromatic heterocycles. The summed E-state index contributed by atoms with van der Waals surface area (Å²) in [6.07, 6.45) is 4.22. The van der Waals surface area contributed by atoms with Crippen LogP contribution in [0.15, 0.2) is 27.4 Å². The zero-order chi connectivity index (χ0) is 20.3. The molecule has 1 aliphatic rings. The van der Waals surface area contributed by atoms with Crippen LogP contribution in [0.2, 0.25) is 5.02 Å². The number of aryl methyl sites for hydroxylation is 1. The van der Waals surface area contributed by atoms with Crippen molar-refractivity contribution < 1.29 is 18.7 Å². The number of hydrogen-bond acceptors (Lipinski definition) is 5. The van der Waals surface area contributed by atoms with Crippen molar-refractivity contribution >= 4 is 34.5 Å². The molecule has 0 saturated heterocycles. The summed E-state index contributed by atoms with van der Waals surface area (Å²) in [4.78, 5) is 35.6. The fraction of sp³-hybridized carbons (Fsp3) is 0.450. The monoisotopic (exact) mass is 406 g/mol. The molecule has 0 radical (unpaired) electrons. The standard InChI is InChI=1S/C20H23ClN2O5/c1-11-5-3-4-6-15(11)22-20(26)23-18(24)10-27-17-9-16-13(8-14(17)21)12(2)7-19(25)28-16/h7-9,11,15H,3-6,10H2,1-2H3,(H2,22,23,24,26)/t11-,15-/m0/s1. The van der Waals surface area contributed by atoms with Gasteiger partial charge in [-0.1, -0.05) is 31.4 Å². The van der Waals surface area contributed by atoms with E-state index in [1.54, 1.807) is 13.0 Å². The molecule has 2 aromatic rings. The van der Waals surface area contributed by atoms with Gasteiger partial charge in [0, 0.05) is 23.6 Å². The van der Waals surface area contributed by atoms with Crippen molar-refractivity contribution in [1.29, 1.82) is 0 Å². The van der Waals surface area contributed by atoms with Crippen molar-refractivity contribution in [1.82, 2.24) is 10.6 Å². The zero-order valence-electron chi connectivity index (χ0n) is 15.8. The van der Waals surface area contributed by atoms with Gasteiger partial charge in [0.1, 0.15) is 11.3 Å². The van der Waals surface area contributed by atoms with Crippen LogP contribution in [-0.2, 0) is 4.79 Å². The smallest absolute Gasteiger partial charge is 0.336 e. The van der Waals surface area contributed by atoms with Crippen LogP contribution in [0.1, 0.15) is 38.2 Å². The minimum atomic E-state index is -0.595. The molecule has 1 fully saturated rings. The van der Waals surface area contributed by atoms with Gasteiger partial charge in [-0.25, -0.2) is 9.59 Å². The summed E-state index contributed by atoms with van der Waals surface area (Å²) < 4.78 is 10.6. The molecule has 150 valence electrons. The Kier molecular flexibility index (Phi) is 6.24. The SMILES string of the molecule is Cc1cc(=O)oc2cc(OCC(=O)NC(=O)N[C@H]3CCCC[C@@H]3C)c(Cl)cc12. The highest BCUT2D eigenvalue weighted by Crippen LogP contribution is 2.31. The molecule has 1 aliphatic carbocycles. The lowest BCUT2D eigenvalue weighted by atomic mass is 9.86. The number of carbonyl (C=O) groups excluding carboxylic acids is 2. The van der Waals surface area contributed by atoms with Crippen molar-refractivity contribution in [3.8, 4) is 5.75 Å². The number of ether oxygens (including phenoxy) is 1. The van der Waals surface area contributed by atoms with Crippen LogP contribution in [0.3, 0.4) is 0 Å². The molecule has 0 unspecified atom stereocenters. The fourth-order valence-corrected chi connectivity index (χ4v) is 3.69. The van der Waals surface area contributed by atoms with Crippen LogP contribution in [0.25, 0.3) is 11.0 Å². The van der Waals surface area contributed by atoms with E-state index in [1.165, 1.54) is 18.6 Å². The van der Waals surface area contributed by atoms with E-state index in [2.05, 4.69) is 17.6 Å². The zero-order valence-corrected chi connectivity index (χ0v) is 16.6. The quantitative estimate of drug-likeness (QED) is 0.757. The number of carbonyl (C=O) groups is 2. The Morgan fingerprint density at radius 2 is 2.00 bits per heavy atom. The molecule has 3 rings (SSSR count). The summed E-state index contributed by atoms with van der Waals surface area (Å²) in [7, 11) is 0. The summed E-state index contributed by atoms with van der Waals surface area (Å²) in [6, 6.07) is 3.99. The lowest BCUT2D eigenvalue weighted by Gasteiger charge is -2.29. The Morgan fingerprint density at radius 1 is 1.25 bits per heavy atom. The largest absolute Gasteiger partial charge is 0.482 e. The van der Waals surface area contributed by atoms with Gasteiger partial charge < -0.3 is 14.5 Å². The third kappa shape index (κ3) is 4.84. The van der Waals surface area contributed by atoms with E-state index >= 15 is 0 Å². The van der Waals surface area contributed by atoms with Crippen LogP contribution in [0.5, 0.6) is 5.75 Å². The summed E-state index contributed by atoms with van der Waals surface area (Å²) in [5.41, 5.74) is 0.560. The molecule has 0 bridgehead atoms. The van der Waals surface area contributed by atoms with Crippen LogP contribution in [-0.4, -0.2) is 24.6 Å². The minimum Gasteiger partial charge on any atom is -0.482 e. The van der Waals surface area contributed by atoms with Crippen LogP contribution in [0, 0.1) is 12.8 Å². The summed E-state index contributed by atoms with van der Waals surface area (Å²) in [5, 5.41) is 6.06. The maximum absolute atomic E-state index is 12.0. The van der Waals surface area contributed by atoms with E-state index in [0.29, 0.717) is 16.9 Å². The number of nitrogens with one attached hydrogen (secondary N) is 2. The Labute approximate surface area is 167 Å². The van der Waals surface area contributed by atoms with E-state index in [4.69, 9.17) is 20.8 Å². The normalized spacial score (nSPS) is 19.2. The molecule has 0 aliphatic heterocycles. The molecule has 0 spiro atoms. The summed E-state index contributed by atoms with van der Waals surface area (Å²) >= 11 is 6.19. The van der Waals surface area contributed by atoms with Crippen molar-refractivity contribution in [2.45, 2.75) is 45.6 Å². The van der Waals surface area contributed by atoms with E-state index in [9.17, 15) is 14.4 Å². The van der Waals surface area contributed by atoms with Gasteiger partial charge in [0.15, 0.2) is 6.61 Å². The Morgan fingerprint density at radius 3 is 2.75 bits per heavy atom. The number of halogens is 1. The highest BCUT2D eigenvalue weighted by molar-refractivity contribution is 6.32. The first-order valence-electron chi connectivity index (χ1n) is 9.30. The van der Waals surface area contributed by atoms with E-state index in [1.807, 2.05) is 0 Å². The highest BCUT2D eigenvalue weighted by atomic mass is 35.5. The second kappa shape index (κ2) is 8.65. The molecule has 1 heterocycles. The maximum Gasteiger partial charge on any atom is 0.336 e. The highest BCUT2D eigenvalue weighted by Gasteiger charge is 2.23. The van der Waals surface area contributed by atoms with E-state index in [-0.39, 0.29) is 16.8 Å². The molecule has 8 heteroatoms. The van der Waals surface area contributed by atoms with Gasteiger partial charge in [-0.2, -0.15) is 0 Å². The van der Waals surface area contributed by atoms with Gasteiger partial charge in [0.2, 0.25) is 0 Å². The van der Waals surface area contributed by atoms with Gasteiger partial charge in [-0.15, -0.1) is 0 Å². The Hall–Kier alpha value is -2.54. The Bertz CT molecular complexity index is 955. The van der Waals surface area contributed by atoms with Crippen LogP contribution < -0.4 is 21.0 Å². The second-order valence-electron chi connectivity index (χ2n) is 7.21. The van der Waals surface area contributed by atoms with Gasteiger partial charge in [-0.3, -0.25) is 10.1 Å². The minimum absolute atomic E-state index is 0.0727. The molecular formula is C20H23ClN2O5. The number of benzene rings is 1. The fourth-order valence-electron chi connectivity index (χ4n) is 3.47. The molecule has 2 atom stereocenters. The van der Waals surface area contributed by atoms with Gasteiger partial charge in [0.05, 0.1) is 5.02 Å². The van der Waals surface area contributed by atoms with Gasteiger partial charge in [-0.05, 0) is 37.3 Å². The average molecular weight is 407 g/mol. The maximum atomic E-state index is 12.0. The first-order valence-corrected chi connectivity index (χ1v) is 9.68. The lowest BCUT2D eigenvalue weighted by Crippen LogP contribution is -2.48. The lowest BCUT2D eigenvalue weighted by molar-refractivity contribution is -0.122. The summed E-state index contributed by atoms with van der Waals surface area (Å²) in [5.74, 6) is -0.0115. The Balaban J connectivity index is 1.59. The molecular weight excluding hydrogens is 384 g/mol. The number of amides is 3. The van der Waals surface area contributed by atoms with E-state index < -0.39 is 24.2 Å². The second-order valence-corrected chi connectivity index (χ2v) is 7.61. The molecule has 28 heavy (non-hydrogen) atoms. The number of fused-ring (bicyclic) bond motifs is 1. The van der Waals surface area contributed by atoms with Crippen molar-refractivity contribution in [2.75, 3.05) is 6.61 Å². The predicted octanol–water partition coefficient (Wildman–Crippen LogP) is 3.54. The topological polar surface area (TPSA) is 97.6 Å². The van der Waals surface area contributed by atoms with Gasteiger partial charge in [0.25, 0.3) is 5.91 Å². The van der Waals surface area contributed by atoms with Crippen LogP contribution in [0.4, 0.5) is 4.79 Å². The average Bonchev–Trinajstić information content (AvgIpc) is 2.62. The molecule has 2 N–H and O–H groups in total. The summed E-state index contributed by atoms with van der Waals surface area (Å²) in [6.45, 7) is 3.47. The third-order valence-corrected chi connectivity index (χ3v) is 5.34.